The van der Waals surface area contributed by atoms with Crippen LogP contribution in [0.3, 0.4) is 0 Å². The summed E-state index contributed by atoms with van der Waals surface area (Å²) in [5, 5.41) is 0.985. The van der Waals surface area contributed by atoms with Gasteiger partial charge in [0.25, 0.3) is 0 Å². The number of rotatable bonds is 5. The maximum atomic E-state index is 6.52. The Morgan fingerprint density at radius 1 is 1.09 bits per heavy atom. The van der Waals surface area contributed by atoms with Gasteiger partial charge in [-0.05, 0) is 62.0 Å². The van der Waals surface area contributed by atoms with E-state index in [1.54, 1.807) is 0 Å². The molecule has 1 aliphatic carbocycles. The van der Waals surface area contributed by atoms with Crippen LogP contribution in [0.1, 0.15) is 46.5 Å². The van der Waals surface area contributed by atoms with Crippen LogP contribution in [0.25, 0.3) is 0 Å². The SMILES string of the molecule is CC(C)(C)[Si](C)(C)OC1CCC(ONc2cccc(Cl)c2)CC1. The van der Waals surface area contributed by atoms with Crippen molar-refractivity contribution >= 4 is 25.6 Å². The van der Waals surface area contributed by atoms with E-state index < -0.39 is 8.32 Å². The Bertz CT molecular complexity index is 508. The van der Waals surface area contributed by atoms with Crippen molar-refractivity contribution in [1.82, 2.24) is 0 Å². The van der Waals surface area contributed by atoms with Crippen molar-refractivity contribution < 1.29 is 9.26 Å². The zero-order valence-electron chi connectivity index (χ0n) is 15.0. The quantitative estimate of drug-likeness (QED) is 0.517. The van der Waals surface area contributed by atoms with E-state index in [1.165, 1.54) is 0 Å². The fourth-order valence-corrected chi connectivity index (χ4v) is 4.18. The van der Waals surface area contributed by atoms with Gasteiger partial charge in [-0.2, -0.15) is 0 Å². The van der Waals surface area contributed by atoms with E-state index in [0.717, 1.165) is 31.4 Å². The van der Waals surface area contributed by atoms with Gasteiger partial charge in [0.1, 0.15) is 0 Å². The maximum absolute atomic E-state index is 6.52. The van der Waals surface area contributed by atoms with Crippen LogP contribution in [0.4, 0.5) is 5.69 Å². The second-order valence-corrected chi connectivity index (χ2v) is 13.2. The van der Waals surface area contributed by atoms with Crippen molar-refractivity contribution in [3.63, 3.8) is 0 Å². The van der Waals surface area contributed by atoms with Gasteiger partial charge in [0, 0.05) is 11.1 Å². The number of hydrogen-bond donors (Lipinski definition) is 1. The van der Waals surface area contributed by atoms with Gasteiger partial charge in [0.05, 0.1) is 11.8 Å². The summed E-state index contributed by atoms with van der Waals surface area (Å²) in [6.07, 6.45) is 4.86. The molecule has 2 rings (SSSR count). The summed E-state index contributed by atoms with van der Waals surface area (Å²) in [5.74, 6) is 0. The van der Waals surface area contributed by atoms with Crippen LogP contribution in [0.5, 0.6) is 0 Å². The van der Waals surface area contributed by atoms with Gasteiger partial charge < -0.3 is 4.43 Å². The highest BCUT2D eigenvalue weighted by molar-refractivity contribution is 6.74. The first kappa shape index (κ1) is 18.8. The molecule has 0 saturated heterocycles. The van der Waals surface area contributed by atoms with E-state index in [2.05, 4.69) is 39.3 Å². The summed E-state index contributed by atoms with van der Waals surface area (Å²) in [5.41, 5.74) is 3.93. The normalized spacial score (nSPS) is 22.9. The lowest BCUT2D eigenvalue weighted by Gasteiger charge is -2.41. The molecule has 0 aromatic heterocycles. The predicted molar refractivity (Wildman–Crippen MR) is 100 cm³/mol. The smallest absolute Gasteiger partial charge is 0.192 e. The molecule has 1 aromatic rings. The Labute approximate surface area is 146 Å². The van der Waals surface area contributed by atoms with Crippen molar-refractivity contribution in [2.75, 3.05) is 5.48 Å². The first-order valence-electron chi connectivity index (χ1n) is 8.52. The lowest BCUT2D eigenvalue weighted by molar-refractivity contribution is 0.0271. The third-order valence-electron chi connectivity index (χ3n) is 5.06. The molecule has 0 spiro atoms. The predicted octanol–water partition coefficient (Wildman–Crippen LogP) is 6.02. The molecule has 1 aromatic carbocycles. The summed E-state index contributed by atoms with van der Waals surface area (Å²) < 4.78 is 6.52. The molecule has 0 aliphatic heterocycles. The van der Waals surface area contributed by atoms with Crippen molar-refractivity contribution in [2.45, 2.75) is 76.8 Å². The molecule has 0 bridgehead atoms. The third-order valence-corrected chi connectivity index (χ3v) is 9.83. The van der Waals surface area contributed by atoms with Gasteiger partial charge in [-0.15, -0.1) is 0 Å². The fourth-order valence-electron chi connectivity index (χ4n) is 2.56. The van der Waals surface area contributed by atoms with E-state index in [1.807, 2.05) is 24.3 Å². The Hall–Kier alpha value is -0.553. The average molecular weight is 356 g/mol. The third kappa shape index (κ3) is 5.49. The molecule has 1 aliphatic rings. The van der Waals surface area contributed by atoms with Crippen molar-refractivity contribution in [3.05, 3.63) is 29.3 Å². The zero-order valence-corrected chi connectivity index (χ0v) is 16.7. The summed E-state index contributed by atoms with van der Waals surface area (Å²) in [7, 11) is -1.66. The van der Waals surface area contributed by atoms with Crippen molar-refractivity contribution in [3.8, 4) is 0 Å². The summed E-state index contributed by atoms with van der Waals surface area (Å²) in [6.45, 7) is 11.5. The minimum Gasteiger partial charge on any atom is -0.414 e. The Morgan fingerprint density at radius 3 is 2.26 bits per heavy atom. The number of anilines is 1. The van der Waals surface area contributed by atoms with Gasteiger partial charge in [0.15, 0.2) is 8.32 Å². The molecule has 0 amide bonds. The van der Waals surface area contributed by atoms with Crippen LogP contribution in [-0.4, -0.2) is 20.5 Å². The van der Waals surface area contributed by atoms with E-state index in [0.29, 0.717) is 11.1 Å². The second-order valence-electron chi connectivity index (χ2n) is 8.01. The summed E-state index contributed by atoms with van der Waals surface area (Å²) >= 11 is 5.98. The number of benzene rings is 1. The Kier molecular flexibility index (Phi) is 6.17. The van der Waals surface area contributed by atoms with E-state index in [-0.39, 0.29) is 11.1 Å². The molecule has 130 valence electrons. The van der Waals surface area contributed by atoms with Crippen molar-refractivity contribution in [1.29, 1.82) is 0 Å². The lowest BCUT2D eigenvalue weighted by atomic mass is 9.95. The molecule has 0 radical (unpaired) electrons. The fraction of sp³-hybridized carbons (Fsp3) is 0.667. The van der Waals surface area contributed by atoms with Crippen LogP contribution >= 0.6 is 11.6 Å². The van der Waals surface area contributed by atoms with Gasteiger partial charge in [-0.25, -0.2) is 0 Å². The molecule has 0 atom stereocenters. The Morgan fingerprint density at radius 2 is 1.70 bits per heavy atom. The summed E-state index contributed by atoms with van der Waals surface area (Å²) in [4.78, 5) is 5.82. The number of nitrogens with one attached hydrogen (secondary N) is 1. The molecule has 5 heteroatoms. The van der Waals surface area contributed by atoms with E-state index in [4.69, 9.17) is 20.9 Å². The first-order chi connectivity index (χ1) is 10.7. The van der Waals surface area contributed by atoms with Crippen LogP contribution in [0.2, 0.25) is 23.2 Å². The van der Waals surface area contributed by atoms with Crippen LogP contribution in [0, 0.1) is 0 Å². The van der Waals surface area contributed by atoms with Crippen molar-refractivity contribution in [2.24, 2.45) is 0 Å². The molecule has 1 N–H and O–H groups in total. The largest absolute Gasteiger partial charge is 0.414 e. The second kappa shape index (κ2) is 7.56. The minimum absolute atomic E-state index is 0.244. The molecular weight excluding hydrogens is 326 g/mol. The molecule has 0 heterocycles. The standard InChI is InChI=1S/C18H30ClNO2Si/c1-18(2,3)23(4,5)22-17-11-9-16(10-12-17)21-20-15-8-6-7-14(19)13-15/h6-8,13,16-17,20H,9-12H2,1-5H3. The summed E-state index contributed by atoms with van der Waals surface area (Å²) in [6, 6.07) is 7.60. The molecule has 23 heavy (non-hydrogen) atoms. The van der Waals surface area contributed by atoms with Gasteiger partial charge >= 0.3 is 0 Å². The molecule has 1 saturated carbocycles. The highest BCUT2D eigenvalue weighted by Gasteiger charge is 2.39. The van der Waals surface area contributed by atoms with E-state index in [9.17, 15) is 0 Å². The zero-order chi connectivity index (χ0) is 17.1. The molecule has 3 nitrogen and oxygen atoms in total. The number of hydrogen-bond acceptors (Lipinski definition) is 3. The number of halogens is 1. The highest BCUT2D eigenvalue weighted by atomic mass is 35.5. The molecule has 1 fully saturated rings. The topological polar surface area (TPSA) is 30.5 Å². The van der Waals surface area contributed by atoms with Gasteiger partial charge in [0.2, 0.25) is 0 Å². The van der Waals surface area contributed by atoms with Crippen LogP contribution < -0.4 is 5.48 Å². The molecular formula is C18H30ClNO2Si. The first-order valence-corrected chi connectivity index (χ1v) is 11.8. The van der Waals surface area contributed by atoms with Crippen LogP contribution in [-0.2, 0) is 9.26 Å². The minimum atomic E-state index is -1.66. The molecule has 0 unspecified atom stereocenters. The van der Waals surface area contributed by atoms with E-state index >= 15 is 0 Å². The van der Waals surface area contributed by atoms with Crippen LogP contribution in [0.15, 0.2) is 24.3 Å². The maximum Gasteiger partial charge on any atom is 0.192 e. The lowest BCUT2D eigenvalue weighted by Crippen LogP contribution is -2.45. The highest BCUT2D eigenvalue weighted by Crippen LogP contribution is 2.39. The van der Waals surface area contributed by atoms with Gasteiger partial charge in [-0.1, -0.05) is 38.4 Å². The Balaban J connectivity index is 1.76. The monoisotopic (exact) mass is 355 g/mol. The average Bonchev–Trinajstić information content (AvgIpc) is 2.45. The van der Waals surface area contributed by atoms with Gasteiger partial charge in [-0.3, -0.25) is 10.3 Å².